The van der Waals surface area contributed by atoms with Gasteiger partial charge >= 0.3 is 0 Å². The number of amides is 1. The number of aromatic nitrogens is 3. The number of hydrogen-bond acceptors (Lipinski definition) is 6. The van der Waals surface area contributed by atoms with E-state index < -0.39 is 0 Å². The van der Waals surface area contributed by atoms with Gasteiger partial charge in [-0.25, -0.2) is 5.43 Å². The van der Waals surface area contributed by atoms with E-state index in [0.29, 0.717) is 11.7 Å². The third kappa shape index (κ3) is 5.48. The number of nitrogens with one attached hydrogen (secondary N) is 1. The number of nitrogens with zero attached hydrogens (tertiary/aromatic N) is 4. The first-order chi connectivity index (χ1) is 14.5. The smallest absolute Gasteiger partial charge is 0.250 e. The molecule has 0 aliphatic heterocycles. The molecule has 0 aliphatic rings. The summed E-state index contributed by atoms with van der Waals surface area (Å²) in [5, 5.41) is 13.4. The Morgan fingerprint density at radius 2 is 1.87 bits per heavy atom. The van der Waals surface area contributed by atoms with E-state index in [1.807, 2.05) is 66.9 Å². The second-order valence-corrected chi connectivity index (χ2v) is 8.16. The van der Waals surface area contributed by atoms with E-state index in [9.17, 15) is 4.79 Å². The summed E-state index contributed by atoms with van der Waals surface area (Å²) in [6, 6.07) is 15.4. The number of hydrazone groups is 1. The highest BCUT2D eigenvalue weighted by atomic mass is 79.9. The largest absolute Gasteiger partial charge is 0.497 e. The highest BCUT2D eigenvalue weighted by Crippen LogP contribution is 2.25. The number of hydrogen-bond donors (Lipinski definition) is 1. The van der Waals surface area contributed by atoms with Gasteiger partial charge in [0.2, 0.25) is 0 Å². The summed E-state index contributed by atoms with van der Waals surface area (Å²) in [6.45, 7) is 4.57. The molecule has 0 bridgehead atoms. The minimum atomic E-state index is -0.201. The summed E-state index contributed by atoms with van der Waals surface area (Å²) in [4.78, 5) is 12.2. The number of ether oxygens (including phenoxy) is 1. The molecule has 3 rings (SSSR count). The monoisotopic (exact) mass is 487 g/mol. The molecule has 0 fully saturated rings. The number of benzene rings is 2. The van der Waals surface area contributed by atoms with E-state index >= 15 is 0 Å². The summed E-state index contributed by atoms with van der Waals surface area (Å²) in [6.07, 6.45) is 0. The SMILES string of the molecule is CCn1c(SCC(=O)N/N=C(\C)c2ccc(Br)cc2)nnc1-c1ccc(OC)cc1. The van der Waals surface area contributed by atoms with Crippen molar-refractivity contribution in [2.45, 2.75) is 25.5 Å². The van der Waals surface area contributed by atoms with E-state index in [2.05, 4.69) is 36.7 Å². The Balaban J connectivity index is 1.62. The van der Waals surface area contributed by atoms with Crippen LogP contribution in [0.2, 0.25) is 0 Å². The van der Waals surface area contributed by atoms with Crippen molar-refractivity contribution in [2.75, 3.05) is 12.9 Å². The van der Waals surface area contributed by atoms with Gasteiger partial charge in [-0.1, -0.05) is 39.8 Å². The van der Waals surface area contributed by atoms with Crippen LogP contribution >= 0.6 is 27.7 Å². The highest BCUT2D eigenvalue weighted by Gasteiger charge is 2.14. The Morgan fingerprint density at radius 1 is 1.17 bits per heavy atom. The molecule has 1 heterocycles. The van der Waals surface area contributed by atoms with Crippen molar-refractivity contribution in [3.63, 3.8) is 0 Å². The normalized spacial score (nSPS) is 11.4. The number of methoxy groups -OCH3 is 1. The van der Waals surface area contributed by atoms with E-state index in [-0.39, 0.29) is 11.7 Å². The minimum Gasteiger partial charge on any atom is -0.497 e. The van der Waals surface area contributed by atoms with Gasteiger partial charge in [-0.15, -0.1) is 10.2 Å². The number of halogens is 1. The average molecular weight is 488 g/mol. The number of carbonyl (C=O) groups is 1. The molecule has 1 aromatic heterocycles. The molecule has 7 nitrogen and oxygen atoms in total. The Morgan fingerprint density at radius 3 is 2.50 bits per heavy atom. The summed E-state index contributed by atoms with van der Waals surface area (Å²) < 4.78 is 8.18. The Hall–Kier alpha value is -2.65. The molecule has 0 unspecified atom stereocenters. The lowest BCUT2D eigenvalue weighted by Gasteiger charge is -2.08. The third-order valence-corrected chi connectivity index (χ3v) is 5.82. The number of thioether (sulfide) groups is 1. The fourth-order valence-corrected chi connectivity index (χ4v) is 3.76. The van der Waals surface area contributed by atoms with E-state index in [1.54, 1.807) is 7.11 Å². The Bertz CT molecular complexity index is 1030. The van der Waals surface area contributed by atoms with Crippen LogP contribution in [0.15, 0.2) is 63.3 Å². The van der Waals surface area contributed by atoms with Crippen LogP contribution in [0.3, 0.4) is 0 Å². The van der Waals surface area contributed by atoms with Crippen LogP contribution in [0, 0.1) is 0 Å². The van der Waals surface area contributed by atoms with Crippen LogP contribution in [-0.4, -0.2) is 39.2 Å². The fraction of sp³-hybridized carbons (Fsp3) is 0.238. The van der Waals surface area contributed by atoms with Crippen molar-refractivity contribution in [1.29, 1.82) is 0 Å². The van der Waals surface area contributed by atoms with Crippen molar-refractivity contribution in [1.82, 2.24) is 20.2 Å². The standard InChI is InChI=1S/C21H22BrN5O2S/c1-4-27-20(16-7-11-18(29-3)12-8-16)25-26-21(27)30-13-19(28)24-23-14(2)15-5-9-17(22)10-6-15/h5-12H,4,13H2,1-3H3,(H,24,28)/b23-14+. The minimum absolute atomic E-state index is 0.192. The van der Waals surface area contributed by atoms with Gasteiger partial charge in [0.15, 0.2) is 11.0 Å². The van der Waals surface area contributed by atoms with Crippen LogP contribution in [0.25, 0.3) is 11.4 Å². The van der Waals surface area contributed by atoms with Gasteiger partial charge in [-0.05, 0) is 55.8 Å². The molecule has 2 aromatic carbocycles. The molecule has 0 saturated heterocycles. The zero-order valence-corrected chi connectivity index (χ0v) is 19.3. The molecule has 156 valence electrons. The second kappa shape index (κ2) is 10.4. The van der Waals surface area contributed by atoms with Crippen LogP contribution < -0.4 is 10.2 Å². The molecular weight excluding hydrogens is 466 g/mol. The zero-order valence-electron chi connectivity index (χ0n) is 16.9. The summed E-state index contributed by atoms with van der Waals surface area (Å²) >= 11 is 4.73. The maximum atomic E-state index is 12.2. The number of rotatable bonds is 8. The fourth-order valence-electron chi connectivity index (χ4n) is 2.70. The van der Waals surface area contributed by atoms with E-state index in [4.69, 9.17) is 4.74 Å². The van der Waals surface area contributed by atoms with Gasteiger partial charge in [0, 0.05) is 16.6 Å². The Kier molecular flexibility index (Phi) is 7.64. The lowest BCUT2D eigenvalue weighted by Crippen LogP contribution is -2.21. The lowest BCUT2D eigenvalue weighted by molar-refractivity contribution is -0.118. The quantitative estimate of drug-likeness (QED) is 0.289. The Labute approximate surface area is 188 Å². The molecule has 1 amide bonds. The van der Waals surface area contributed by atoms with E-state index in [0.717, 1.165) is 32.9 Å². The molecule has 1 N–H and O–H groups in total. The molecule has 0 saturated carbocycles. The number of carbonyl (C=O) groups excluding carboxylic acids is 1. The van der Waals surface area contributed by atoms with Gasteiger partial charge in [0.25, 0.3) is 5.91 Å². The average Bonchev–Trinajstić information content (AvgIpc) is 3.19. The lowest BCUT2D eigenvalue weighted by atomic mass is 10.1. The second-order valence-electron chi connectivity index (χ2n) is 6.31. The maximum absolute atomic E-state index is 12.2. The predicted octanol–water partition coefficient (Wildman–Crippen LogP) is 4.37. The first-order valence-electron chi connectivity index (χ1n) is 9.31. The molecule has 0 radical (unpaired) electrons. The van der Waals surface area contributed by atoms with Crippen molar-refractivity contribution < 1.29 is 9.53 Å². The molecule has 9 heteroatoms. The highest BCUT2D eigenvalue weighted by molar-refractivity contribution is 9.10. The van der Waals surface area contributed by atoms with Crippen molar-refractivity contribution in [3.8, 4) is 17.1 Å². The van der Waals surface area contributed by atoms with Gasteiger partial charge in [-0.2, -0.15) is 5.10 Å². The van der Waals surface area contributed by atoms with E-state index in [1.165, 1.54) is 11.8 Å². The summed E-state index contributed by atoms with van der Waals surface area (Å²) in [5.41, 5.74) is 5.22. The molecular formula is C21H22BrN5O2S. The van der Waals surface area contributed by atoms with Crippen molar-refractivity contribution >= 4 is 39.3 Å². The summed E-state index contributed by atoms with van der Waals surface area (Å²) in [7, 11) is 1.63. The van der Waals surface area contributed by atoms with Crippen molar-refractivity contribution in [3.05, 3.63) is 58.6 Å². The van der Waals surface area contributed by atoms with Gasteiger partial charge in [0.05, 0.1) is 18.6 Å². The third-order valence-electron chi connectivity index (χ3n) is 4.32. The maximum Gasteiger partial charge on any atom is 0.250 e. The van der Waals surface area contributed by atoms with Crippen LogP contribution in [0.5, 0.6) is 5.75 Å². The first-order valence-corrected chi connectivity index (χ1v) is 11.1. The van der Waals surface area contributed by atoms with Crippen LogP contribution in [0.4, 0.5) is 0 Å². The first kappa shape index (κ1) is 22.0. The zero-order chi connectivity index (χ0) is 21.5. The van der Waals surface area contributed by atoms with Crippen molar-refractivity contribution in [2.24, 2.45) is 5.10 Å². The predicted molar refractivity (Wildman–Crippen MR) is 123 cm³/mol. The summed E-state index contributed by atoms with van der Waals surface area (Å²) in [5.74, 6) is 1.53. The van der Waals surface area contributed by atoms with Gasteiger partial charge in [0.1, 0.15) is 5.75 Å². The van der Waals surface area contributed by atoms with Gasteiger partial charge < -0.3 is 9.30 Å². The van der Waals surface area contributed by atoms with Gasteiger partial charge in [-0.3, -0.25) is 4.79 Å². The molecule has 3 aromatic rings. The van der Waals surface area contributed by atoms with Crippen LogP contribution in [-0.2, 0) is 11.3 Å². The molecule has 0 spiro atoms. The molecule has 0 aliphatic carbocycles. The molecule has 30 heavy (non-hydrogen) atoms. The molecule has 0 atom stereocenters. The van der Waals surface area contributed by atoms with Crippen LogP contribution in [0.1, 0.15) is 19.4 Å². The topological polar surface area (TPSA) is 81.4 Å².